The molecule has 98 valence electrons. The van der Waals surface area contributed by atoms with E-state index in [4.69, 9.17) is 4.74 Å². The minimum Gasteiger partial charge on any atom is -0.467 e. The van der Waals surface area contributed by atoms with Crippen LogP contribution in [0.25, 0.3) is 10.8 Å². The van der Waals surface area contributed by atoms with Gasteiger partial charge in [0.25, 0.3) is 0 Å². The molecular weight excluding hydrogens is 242 g/mol. The molecule has 3 rings (SSSR count). The van der Waals surface area contributed by atoms with Gasteiger partial charge in [-0.15, -0.1) is 5.10 Å². The summed E-state index contributed by atoms with van der Waals surface area (Å²) in [6.07, 6.45) is 3.50. The maximum absolute atomic E-state index is 11.8. The fourth-order valence-electron chi connectivity index (χ4n) is 2.63. The number of methoxy groups -OCH3 is 1. The summed E-state index contributed by atoms with van der Waals surface area (Å²) in [5.41, 5.74) is 0. The average molecular weight is 257 g/mol. The van der Waals surface area contributed by atoms with E-state index in [0.29, 0.717) is 0 Å². The van der Waals surface area contributed by atoms with Crippen molar-refractivity contribution >= 4 is 22.6 Å². The van der Waals surface area contributed by atoms with E-state index in [1.54, 1.807) is 6.20 Å². The molecule has 2 aromatic rings. The van der Waals surface area contributed by atoms with Crippen molar-refractivity contribution in [1.82, 2.24) is 10.2 Å². The summed E-state index contributed by atoms with van der Waals surface area (Å²) in [7, 11) is 1.42. The average Bonchev–Trinajstić information content (AvgIpc) is 2.95. The third-order valence-corrected chi connectivity index (χ3v) is 3.55. The zero-order chi connectivity index (χ0) is 13.2. The quantitative estimate of drug-likeness (QED) is 0.767. The Morgan fingerprint density at radius 3 is 3.11 bits per heavy atom. The van der Waals surface area contributed by atoms with Crippen LogP contribution in [0.3, 0.4) is 0 Å². The van der Waals surface area contributed by atoms with Gasteiger partial charge in [-0.2, -0.15) is 5.10 Å². The first-order valence-corrected chi connectivity index (χ1v) is 6.36. The highest BCUT2D eigenvalue weighted by atomic mass is 16.5. The highest BCUT2D eigenvalue weighted by Gasteiger charge is 2.33. The van der Waals surface area contributed by atoms with E-state index in [1.165, 1.54) is 7.11 Å². The number of carbonyl (C=O) groups is 1. The number of ether oxygens (including phenoxy) is 1. The molecule has 1 unspecified atom stereocenters. The number of aromatic nitrogens is 2. The molecule has 19 heavy (non-hydrogen) atoms. The number of benzene rings is 1. The van der Waals surface area contributed by atoms with Crippen molar-refractivity contribution < 1.29 is 9.53 Å². The second kappa shape index (κ2) is 4.84. The minimum atomic E-state index is -0.245. The van der Waals surface area contributed by atoms with E-state index in [-0.39, 0.29) is 12.0 Å². The molecule has 1 aliphatic heterocycles. The van der Waals surface area contributed by atoms with Crippen LogP contribution in [-0.4, -0.2) is 35.9 Å². The number of hydrogen-bond acceptors (Lipinski definition) is 5. The molecule has 1 fully saturated rings. The van der Waals surface area contributed by atoms with Crippen molar-refractivity contribution in [3.8, 4) is 0 Å². The second-order valence-corrected chi connectivity index (χ2v) is 4.63. The van der Waals surface area contributed by atoms with Gasteiger partial charge < -0.3 is 9.64 Å². The van der Waals surface area contributed by atoms with Crippen molar-refractivity contribution in [3.05, 3.63) is 30.5 Å². The van der Waals surface area contributed by atoms with Crippen LogP contribution in [0, 0.1) is 0 Å². The molecule has 0 bridgehead atoms. The van der Waals surface area contributed by atoms with Gasteiger partial charge in [0.05, 0.1) is 13.3 Å². The topological polar surface area (TPSA) is 55.3 Å². The van der Waals surface area contributed by atoms with Gasteiger partial charge in [0.15, 0.2) is 5.82 Å². The number of hydrogen-bond donors (Lipinski definition) is 0. The Balaban J connectivity index is 2.06. The summed E-state index contributed by atoms with van der Waals surface area (Å²) in [6.45, 7) is 0.808. The highest BCUT2D eigenvalue weighted by molar-refractivity contribution is 5.93. The lowest BCUT2D eigenvalue weighted by atomic mass is 10.1. The zero-order valence-corrected chi connectivity index (χ0v) is 10.7. The first kappa shape index (κ1) is 11.9. The van der Waals surface area contributed by atoms with Gasteiger partial charge in [-0.05, 0) is 12.8 Å². The van der Waals surface area contributed by atoms with E-state index < -0.39 is 0 Å². The first-order chi connectivity index (χ1) is 9.31. The van der Waals surface area contributed by atoms with Crippen molar-refractivity contribution in [2.24, 2.45) is 0 Å². The predicted molar refractivity (Wildman–Crippen MR) is 71.9 cm³/mol. The standard InChI is InChI=1S/C14H15N3O2/c1-19-14(18)12-7-4-8-17(12)13-11-6-3-2-5-10(11)9-15-16-13/h2-3,5-6,9,12H,4,7-8H2,1H3. The number of nitrogens with zero attached hydrogens (tertiary/aromatic N) is 3. The molecule has 5 nitrogen and oxygen atoms in total. The predicted octanol–water partition coefficient (Wildman–Crippen LogP) is 1.77. The van der Waals surface area contributed by atoms with Crippen molar-refractivity contribution in [2.45, 2.75) is 18.9 Å². The molecule has 0 aliphatic carbocycles. The lowest BCUT2D eigenvalue weighted by molar-refractivity contribution is -0.141. The summed E-state index contributed by atoms with van der Waals surface area (Å²) < 4.78 is 4.87. The van der Waals surface area contributed by atoms with Crippen LogP contribution in [0.15, 0.2) is 30.5 Å². The van der Waals surface area contributed by atoms with Gasteiger partial charge in [-0.25, -0.2) is 4.79 Å². The van der Waals surface area contributed by atoms with Gasteiger partial charge in [-0.1, -0.05) is 24.3 Å². The smallest absolute Gasteiger partial charge is 0.328 e. The molecule has 1 aliphatic rings. The van der Waals surface area contributed by atoms with Crippen LogP contribution in [0.5, 0.6) is 0 Å². The molecule has 0 N–H and O–H groups in total. The molecule has 5 heteroatoms. The fraction of sp³-hybridized carbons (Fsp3) is 0.357. The minimum absolute atomic E-state index is 0.202. The molecule has 1 atom stereocenters. The number of anilines is 1. The summed E-state index contributed by atoms with van der Waals surface area (Å²) >= 11 is 0. The lowest BCUT2D eigenvalue weighted by Gasteiger charge is -2.24. The van der Waals surface area contributed by atoms with Crippen LogP contribution >= 0.6 is 0 Å². The molecule has 0 saturated carbocycles. The van der Waals surface area contributed by atoms with E-state index in [1.807, 2.05) is 29.2 Å². The van der Waals surface area contributed by atoms with Crippen LogP contribution in [-0.2, 0) is 9.53 Å². The Morgan fingerprint density at radius 2 is 2.26 bits per heavy atom. The summed E-state index contributed by atoms with van der Waals surface area (Å²) in [5, 5.41) is 10.3. The van der Waals surface area contributed by atoms with Crippen LogP contribution in [0.1, 0.15) is 12.8 Å². The molecular formula is C14H15N3O2. The Hall–Kier alpha value is -2.17. The molecule has 1 aromatic carbocycles. The van der Waals surface area contributed by atoms with Crippen LogP contribution < -0.4 is 4.90 Å². The molecule has 0 radical (unpaired) electrons. The summed E-state index contributed by atoms with van der Waals surface area (Å²) in [6, 6.07) is 7.69. The zero-order valence-electron chi connectivity index (χ0n) is 10.7. The third-order valence-electron chi connectivity index (χ3n) is 3.55. The monoisotopic (exact) mass is 257 g/mol. The normalized spacial score (nSPS) is 18.8. The Kier molecular flexibility index (Phi) is 3.03. The molecule has 0 amide bonds. The van der Waals surface area contributed by atoms with E-state index in [9.17, 15) is 4.79 Å². The van der Waals surface area contributed by atoms with Gasteiger partial charge >= 0.3 is 5.97 Å². The Morgan fingerprint density at radius 1 is 1.42 bits per heavy atom. The van der Waals surface area contributed by atoms with Gasteiger partial charge in [0.2, 0.25) is 0 Å². The Labute approximate surface area is 111 Å². The fourth-order valence-corrected chi connectivity index (χ4v) is 2.63. The van der Waals surface area contributed by atoms with Gasteiger partial charge in [-0.3, -0.25) is 0 Å². The summed E-state index contributed by atoms with van der Waals surface area (Å²) in [5.74, 6) is 0.568. The van der Waals surface area contributed by atoms with Crippen LogP contribution in [0.2, 0.25) is 0 Å². The largest absolute Gasteiger partial charge is 0.467 e. The van der Waals surface area contributed by atoms with Gasteiger partial charge in [0, 0.05) is 17.3 Å². The second-order valence-electron chi connectivity index (χ2n) is 4.63. The van der Waals surface area contributed by atoms with E-state index >= 15 is 0 Å². The Bertz CT molecular complexity index is 609. The number of fused-ring (bicyclic) bond motifs is 1. The molecule has 2 heterocycles. The van der Waals surface area contributed by atoms with E-state index in [2.05, 4.69) is 10.2 Å². The van der Waals surface area contributed by atoms with Gasteiger partial charge in [0.1, 0.15) is 6.04 Å². The van der Waals surface area contributed by atoms with E-state index in [0.717, 1.165) is 36.0 Å². The third kappa shape index (κ3) is 2.01. The molecule has 1 saturated heterocycles. The number of esters is 1. The maximum Gasteiger partial charge on any atom is 0.328 e. The maximum atomic E-state index is 11.8. The van der Waals surface area contributed by atoms with Crippen molar-refractivity contribution in [2.75, 3.05) is 18.6 Å². The molecule has 1 aromatic heterocycles. The first-order valence-electron chi connectivity index (χ1n) is 6.36. The number of carbonyl (C=O) groups excluding carboxylic acids is 1. The van der Waals surface area contributed by atoms with Crippen molar-refractivity contribution in [3.63, 3.8) is 0 Å². The van der Waals surface area contributed by atoms with Crippen molar-refractivity contribution in [1.29, 1.82) is 0 Å². The van der Waals surface area contributed by atoms with Crippen LogP contribution in [0.4, 0.5) is 5.82 Å². The SMILES string of the molecule is COC(=O)C1CCCN1c1nncc2ccccc12. The summed E-state index contributed by atoms with van der Waals surface area (Å²) in [4.78, 5) is 13.8. The highest BCUT2D eigenvalue weighted by Crippen LogP contribution is 2.29. The lowest BCUT2D eigenvalue weighted by Crippen LogP contribution is -2.37. The number of rotatable bonds is 2. The molecule has 0 spiro atoms.